The van der Waals surface area contributed by atoms with Gasteiger partial charge >= 0.3 is 0 Å². The molecule has 9 heteroatoms. The van der Waals surface area contributed by atoms with Gasteiger partial charge in [-0.2, -0.15) is 0 Å². The van der Waals surface area contributed by atoms with Crippen molar-refractivity contribution in [3.05, 3.63) is 27.2 Å². The van der Waals surface area contributed by atoms with E-state index in [2.05, 4.69) is 27.6 Å². The number of aliphatic imine (C=N–C) groups is 1. The van der Waals surface area contributed by atoms with Gasteiger partial charge in [0.2, 0.25) is 0 Å². The summed E-state index contributed by atoms with van der Waals surface area (Å²) in [5.74, 6) is 1.91. The lowest BCUT2D eigenvalue weighted by molar-refractivity contribution is 0.220. The Morgan fingerprint density at radius 1 is 1.19 bits per heavy atom. The van der Waals surface area contributed by atoms with Crippen LogP contribution < -0.4 is 15.4 Å². The molecule has 0 saturated carbocycles. The molecule has 1 aliphatic heterocycles. The summed E-state index contributed by atoms with van der Waals surface area (Å²) < 4.78 is 5.65. The second kappa shape index (κ2) is 12.3. The number of guanidine groups is 1. The fraction of sp³-hybridized carbons (Fsp3) is 0.588. The summed E-state index contributed by atoms with van der Waals surface area (Å²) >= 11 is 18.1. The number of likely N-dealkylation sites (tertiary alicyclic amines) is 1. The molecular formula is C17H26Cl3IN4O. The maximum atomic E-state index is 6.10. The zero-order valence-corrected chi connectivity index (χ0v) is 19.6. The van der Waals surface area contributed by atoms with E-state index in [4.69, 9.17) is 39.5 Å². The third-order valence-corrected chi connectivity index (χ3v) is 5.00. The van der Waals surface area contributed by atoms with E-state index in [1.54, 1.807) is 19.2 Å². The maximum Gasteiger partial charge on any atom is 0.191 e. The van der Waals surface area contributed by atoms with Gasteiger partial charge in [0.15, 0.2) is 11.7 Å². The predicted octanol–water partition coefficient (Wildman–Crippen LogP) is 4.15. The van der Waals surface area contributed by atoms with Gasteiger partial charge < -0.3 is 20.3 Å². The molecule has 0 amide bonds. The van der Waals surface area contributed by atoms with E-state index in [9.17, 15) is 0 Å². The number of nitrogens with zero attached hydrogens (tertiary/aromatic N) is 2. The molecule has 0 radical (unpaired) electrons. The summed E-state index contributed by atoms with van der Waals surface area (Å²) in [5, 5.41) is 7.90. The SMILES string of the molecule is CN=C(NCCOc1c(Cl)cc(Cl)cc1Cl)NCC1CCN(C)CC1.I. The molecule has 0 unspecified atom stereocenters. The van der Waals surface area contributed by atoms with Crippen molar-refractivity contribution in [2.45, 2.75) is 12.8 Å². The third-order valence-electron chi connectivity index (χ3n) is 4.22. The van der Waals surface area contributed by atoms with Gasteiger partial charge in [-0.05, 0) is 51.0 Å². The van der Waals surface area contributed by atoms with Crippen LogP contribution in [-0.4, -0.2) is 57.7 Å². The molecule has 1 aliphatic rings. The van der Waals surface area contributed by atoms with Crippen LogP contribution in [0.1, 0.15) is 12.8 Å². The lowest BCUT2D eigenvalue weighted by Gasteiger charge is -2.29. The molecule has 0 atom stereocenters. The number of hydrogen-bond acceptors (Lipinski definition) is 3. The topological polar surface area (TPSA) is 48.9 Å². The van der Waals surface area contributed by atoms with Crippen molar-refractivity contribution in [1.82, 2.24) is 15.5 Å². The number of benzene rings is 1. The van der Waals surface area contributed by atoms with Crippen molar-refractivity contribution in [3.8, 4) is 5.75 Å². The number of nitrogens with one attached hydrogen (secondary N) is 2. The first kappa shape index (κ1) is 23.9. The molecule has 2 rings (SSSR count). The van der Waals surface area contributed by atoms with Crippen LogP contribution in [-0.2, 0) is 0 Å². The summed E-state index contributed by atoms with van der Waals surface area (Å²) in [6, 6.07) is 3.22. The Labute approximate surface area is 187 Å². The quantitative estimate of drug-likeness (QED) is 0.249. The molecule has 1 aromatic rings. The fourth-order valence-electron chi connectivity index (χ4n) is 2.72. The third kappa shape index (κ3) is 7.84. The fourth-order valence-corrected chi connectivity index (χ4v) is 3.64. The molecule has 1 saturated heterocycles. The maximum absolute atomic E-state index is 6.10. The summed E-state index contributed by atoms with van der Waals surface area (Å²) in [5.41, 5.74) is 0. The van der Waals surface area contributed by atoms with Crippen LogP contribution in [0.3, 0.4) is 0 Å². The van der Waals surface area contributed by atoms with E-state index in [1.165, 1.54) is 12.8 Å². The highest BCUT2D eigenvalue weighted by Gasteiger charge is 2.16. The van der Waals surface area contributed by atoms with Crippen LogP contribution in [0.4, 0.5) is 0 Å². The predicted molar refractivity (Wildman–Crippen MR) is 122 cm³/mol. The molecule has 5 nitrogen and oxygen atoms in total. The Morgan fingerprint density at radius 3 is 2.38 bits per heavy atom. The smallest absolute Gasteiger partial charge is 0.191 e. The average Bonchev–Trinajstić information content (AvgIpc) is 2.57. The molecule has 0 bridgehead atoms. The van der Waals surface area contributed by atoms with Gasteiger partial charge in [0, 0.05) is 18.6 Å². The summed E-state index contributed by atoms with van der Waals surface area (Å²) in [4.78, 5) is 6.61. The van der Waals surface area contributed by atoms with Crippen molar-refractivity contribution in [3.63, 3.8) is 0 Å². The zero-order chi connectivity index (χ0) is 18.2. The first-order valence-electron chi connectivity index (χ1n) is 8.40. The number of piperidine rings is 1. The monoisotopic (exact) mass is 534 g/mol. The molecular weight excluding hydrogens is 509 g/mol. The van der Waals surface area contributed by atoms with Crippen LogP contribution in [0, 0.1) is 5.92 Å². The van der Waals surface area contributed by atoms with Crippen LogP contribution in [0.5, 0.6) is 5.75 Å². The van der Waals surface area contributed by atoms with E-state index < -0.39 is 0 Å². The summed E-state index contributed by atoms with van der Waals surface area (Å²) in [6.45, 7) is 4.26. The minimum absolute atomic E-state index is 0. The zero-order valence-electron chi connectivity index (χ0n) is 15.0. The molecule has 0 aliphatic carbocycles. The standard InChI is InChI=1S/C17H25Cl3N4O.HI/c1-21-17(23-11-12-3-6-24(2)7-4-12)22-5-8-25-16-14(19)9-13(18)10-15(16)20;/h9-10,12H,3-8,11H2,1-2H3,(H2,21,22,23);1H. The number of hydrogen-bond donors (Lipinski definition) is 2. The molecule has 0 spiro atoms. The molecule has 0 aromatic heterocycles. The van der Waals surface area contributed by atoms with Crippen molar-refractivity contribution in [1.29, 1.82) is 0 Å². The normalized spacial score (nSPS) is 16.1. The van der Waals surface area contributed by atoms with E-state index in [0.29, 0.717) is 39.9 Å². The Morgan fingerprint density at radius 2 is 1.81 bits per heavy atom. The van der Waals surface area contributed by atoms with Gasteiger partial charge in [0.1, 0.15) is 6.61 Å². The molecule has 1 aromatic carbocycles. The second-order valence-electron chi connectivity index (χ2n) is 6.17. The Bertz CT molecular complexity index is 572. The Kier molecular flexibility index (Phi) is 11.3. The first-order valence-corrected chi connectivity index (χ1v) is 9.53. The highest BCUT2D eigenvalue weighted by molar-refractivity contribution is 14.0. The van der Waals surface area contributed by atoms with E-state index in [0.717, 1.165) is 25.6 Å². The minimum Gasteiger partial charge on any atom is -0.489 e. The second-order valence-corrected chi connectivity index (χ2v) is 7.42. The highest BCUT2D eigenvalue weighted by atomic mass is 127. The Balaban J connectivity index is 0.00000338. The van der Waals surface area contributed by atoms with Crippen molar-refractivity contribution < 1.29 is 4.74 Å². The van der Waals surface area contributed by atoms with Crippen LogP contribution in [0.15, 0.2) is 17.1 Å². The van der Waals surface area contributed by atoms with Crippen LogP contribution in [0.2, 0.25) is 15.1 Å². The van der Waals surface area contributed by atoms with Crippen LogP contribution >= 0.6 is 58.8 Å². The summed E-state index contributed by atoms with van der Waals surface area (Å²) in [7, 11) is 3.93. The molecule has 148 valence electrons. The highest BCUT2D eigenvalue weighted by Crippen LogP contribution is 2.35. The number of halogens is 4. The summed E-state index contributed by atoms with van der Waals surface area (Å²) in [6.07, 6.45) is 2.44. The minimum atomic E-state index is 0. The average molecular weight is 536 g/mol. The van der Waals surface area contributed by atoms with Gasteiger partial charge in [0.25, 0.3) is 0 Å². The lowest BCUT2D eigenvalue weighted by Crippen LogP contribution is -2.43. The molecule has 2 N–H and O–H groups in total. The Hall–Kier alpha value is -0.150. The molecule has 26 heavy (non-hydrogen) atoms. The molecule has 1 fully saturated rings. The lowest BCUT2D eigenvalue weighted by atomic mass is 9.97. The number of rotatable bonds is 6. The van der Waals surface area contributed by atoms with Crippen LogP contribution in [0.25, 0.3) is 0 Å². The largest absolute Gasteiger partial charge is 0.489 e. The van der Waals surface area contributed by atoms with Gasteiger partial charge in [-0.3, -0.25) is 4.99 Å². The van der Waals surface area contributed by atoms with E-state index in [1.807, 2.05) is 0 Å². The molecule has 1 heterocycles. The van der Waals surface area contributed by atoms with Crippen molar-refractivity contribution in [2.75, 3.05) is 46.9 Å². The first-order chi connectivity index (χ1) is 12.0. The van der Waals surface area contributed by atoms with Crippen molar-refractivity contribution in [2.24, 2.45) is 10.9 Å². The van der Waals surface area contributed by atoms with Gasteiger partial charge in [0.05, 0.1) is 16.6 Å². The number of ether oxygens (including phenoxy) is 1. The van der Waals surface area contributed by atoms with Gasteiger partial charge in [-0.1, -0.05) is 34.8 Å². The van der Waals surface area contributed by atoms with E-state index >= 15 is 0 Å². The van der Waals surface area contributed by atoms with Gasteiger partial charge in [-0.15, -0.1) is 24.0 Å². The van der Waals surface area contributed by atoms with Crippen molar-refractivity contribution >= 4 is 64.7 Å². The van der Waals surface area contributed by atoms with E-state index in [-0.39, 0.29) is 24.0 Å². The van der Waals surface area contributed by atoms with Gasteiger partial charge in [-0.25, -0.2) is 0 Å².